The molecule has 4 N–H and O–H groups in total. The molecule has 0 aromatic heterocycles. The predicted molar refractivity (Wildman–Crippen MR) is 53.4 cm³/mol. The van der Waals surface area contributed by atoms with Crippen molar-refractivity contribution in [2.24, 2.45) is 5.84 Å². The summed E-state index contributed by atoms with van der Waals surface area (Å²) in [5.41, 5.74) is 1.50. The molecule has 5 heteroatoms. The Morgan fingerprint density at radius 2 is 2.36 bits per heavy atom. The summed E-state index contributed by atoms with van der Waals surface area (Å²) >= 11 is 0. The SMILES string of the molecule is CC(C)(NC[C@H]1CCCO1)C(=O)NN. The molecule has 1 atom stereocenters. The van der Waals surface area contributed by atoms with Crippen molar-refractivity contribution in [3.63, 3.8) is 0 Å². The first-order valence-corrected chi connectivity index (χ1v) is 4.94. The van der Waals surface area contributed by atoms with Crippen molar-refractivity contribution in [2.45, 2.75) is 38.3 Å². The van der Waals surface area contributed by atoms with E-state index < -0.39 is 5.54 Å². The van der Waals surface area contributed by atoms with Crippen LogP contribution < -0.4 is 16.6 Å². The van der Waals surface area contributed by atoms with Crippen LogP contribution in [0.3, 0.4) is 0 Å². The zero-order valence-electron chi connectivity index (χ0n) is 8.80. The third kappa shape index (κ3) is 2.94. The lowest BCUT2D eigenvalue weighted by molar-refractivity contribution is -0.126. The second kappa shape index (κ2) is 4.72. The van der Waals surface area contributed by atoms with Crippen LogP contribution >= 0.6 is 0 Å². The first-order chi connectivity index (χ1) is 6.56. The van der Waals surface area contributed by atoms with Crippen LogP contribution in [0.4, 0.5) is 0 Å². The molecule has 0 saturated carbocycles. The molecule has 0 bridgehead atoms. The van der Waals surface area contributed by atoms with Crippen LogP contribution in [-0.2, 0) is 9.53 Å². The molecule has 0 spiro atoms. The van der Waals surface area contributed by atoms with Gasteiger partial charge in [-0.1, -0.05) is 0 Å². The van der Waals surface area contributed by atoms with Crippen molar-refractivity contribution in [3.8, 4) is 0 Å². The Balaban J connectivity index is 2.31. The summed E-state index contributed by atoms with van der Waals surface area (Å²) in [4.78, 5) is 11.3. The minimum Gasteiger partial charge on any atom is -0.377 e. The van der Waals surface area contributed by atoms with Gasteiger partial charge < -0.3 is 10.1 Å². The Morgan fingerprint density at radius 3 is 2.86 bits per heavy atom. The van der Waals surface area contributed by atoms with Crippen LogP contribution in [0.25, 0.3) is 0 Å². The van der Waals surface area contributed by atoms with Gasteiger partial charge in [0.2, 0.25) is 0 Å². The van der Waals surface area contributed by atoms with Gasteiger partial charge in [-0.2, -0.15) is 0 Å². The number of amides is 1. The standard InChI is InChI=1S/C9H19N3O2/c1-9(2,8(13)12-10)11-6-7-4-3-5-14-7/h7,11H,3-6,10H2,1-2H3,(H,12,13)/t7-/m1/s1. The van der Waals surface area contributed by atoms with E-state index >= 15 is 0 Å². The largest absolute Gasteiger partial charge is 0.377 e. The summed E-state index contributed by atoms with van der Waals surface area (Å²) in [6.45, 7) is 5.12. The lowest BCUT2D eigenvalue weighted by Crippen LogP contribution is -2.55. The topological polar surface area (TPSA) is 76.4 Å². The van der Waals surface area contributed by atoms with Gasteiger partial charge in [-0.15, -0.1) is 0 Å². The summed E-state index contributed by atoms with van der Waals surface area (Å²) in [6, 6.07) is 0. The number of ether oxygens (including phenoxy) is 1. The minimum atomic E-state index is -0.638. The highest BCUT2D eigenvalue weighted by molar-refractivity contribution is 5.84. The van der Waals surface area contributed by atoms with E-state index in [1.165, 1.54) is 0 Å². The molecule has 1 aliphatic heterocycles. The zero-order valence-corrected chi connectivity index (χ0v) is 8.80. The Hall–Kier alpha value is -0.650. The van der Waals surface area contributed by atoms with Crippen LogP contribution in [0.15, 0.2) is 0 Å². The normalized spacial score (nSPS) is 22.4. The lowest BCUT2D eigenvalue weighted by Gasteiger charge is -2.25. The highest BCUT2D eigenvalue weighted by Gasteiger charge is 2.27. The first kappa shape index (κ1) is 11.4. The number of hydrogen-bond donors (Lipinski definition) is 3. The molecule has 1 aliphatic rings. The van der Waals surface area contributed by atoms with E-state index in [1.807, 2.05) is 0 Å². The Kier molecular flexibility index (Phi) is 3.86. The van der Waals surface area contributed by atoms with E-state index in [2.05, 4.69) is 10.7 Å². The maximum atomic E-state index is 11.3. The van der Waals surface area contributed by atoms with Gasteiger partial charge >= 0.3 is 0 Å². The monoisotopic (exact) mass is 201 g/mol. The molecule has 1 fully saturated rings. The highest BCUT2D eigenvalue weighted by atomic mass is 16.5. The number of hydrogen-bond acceptors (Lipinski definition) is 4. The molecule has 14 heavy (non-hydrogen) atoms. The molecule has 1 amide bonds. The third-order valence-electron chi connectivity index (χ3n) is 2.49. The van der Waals surface area contributed by atoms with Crippen molar-refractivity contribution in [1.82, 2.24) is 10.7 Å². The van der Waals surface area contributed by atoms with E-state index in [4.69, 9.17) is 10.6 Å². The average Bonchev–Trinajstić information content (AvgIpc) is 2.66. The van der Waals surface area contributed by atoms with Gasteiger partial charge in [-0.25, -0.2) is 5.84 Å². The van der Waals surface area contributed by atoms with Crippen LogP contribution in [-0.4, -0.2) is 30.7 Å². The van der Waals surface area contributed by atoms with Gasteiger partial charge in [-0.05, 0) is 26.7 Å². The van der Waals surface area contributed by atoms with Crippen molar-refractivity contribution in [3.05, 3.63) is 0 Å². The number of carbonyl (C=O) groups excluding carboxylic acids is 1. The van der Waals surface area contributed by atoms with Crippen molar-refractivity contribution >= 4 is 5.91 Å². The first-order valence-electron chi connectivity index (χ1n) is 4.94. The third-order valence-corrected chi connectivity index (χ3v) is 2.49. The van der Waals surface area contributed by atoms with Crippen LogP contribution in [0.5, 0.6) is 0 Å². The van der Waals surface area contributed by atoms with E-state index in [-0.39, 0.29) is 12.0 Å². The number of rotatable bonds is 4. The van der Waals surface area contributed by atoms with Crippen LogP contribution in [0, 0.1) is 0 Å². The molecule has 5 nitrogen and oxygen atoms in total. The van der Waals surface area contributed by atoms with Gasteiger partial charge in [0.25, 0.3) is 5.91 Å². The quantitative estimate of drug-likeness (QED) is 0.326. The number of nitrogens with two attached hydrogens (primary N) is 1. The lowest BCUT2D eigenvalue weighted by atomic mass is 10.0. The summed E-state index contributed by atoms with van der Waals surface area (Å²) in [5, 5.41) is 3.13. The molecule has 1 rings (SSSR count). The van der Waals surface area contributed by atoms with E-state index in [1.54, 1.807) is 13.8 Å². The number of hydrazine groups is 1. The smallest absolute Gasteiger partial charge is 0.253 e. The highest BCUT2D eigenvalue weighted by Crippen LogP contribution is 2.12. The molecule has 0 aliphatic carbocycles. The summed E-state index contributed by atoms with van der Waals surface area (Å²) in [5.74, 6) is 4.86. The van der Waals surface area contributed by atoms with Crippen LogP contribution in [0.2, 0.25) is 0 Å². The average molecular weight is 201 g/mol. The van der Waals surface area contributed by atoms with Crippen molar-refractivity contribution in [1.29, 1.82) is 0 Å². The Bertz CT molecular complexity index is 200. The van der Waals surface area contributed by atoms with E-state index in [0.29, 0.717) is 6.54 Å². The molecule has 0 aromatic rings. The fourth-order valence-corrected chi connectivity index (χ4v) is 1.44. The predicted octanol–water partition coefficient (Wildman–Crippen LogP) is -0.476. The zero-order chi connectivity index (χ0) is 10.6. The second-order valence-corrected chi connectivity index (χ2v) is 4.11. The summed E-state index contributed by atoms with van der Waals surface area (Å²) in [6.07, 6.45) is 2.41. The van der Waals surface area contributed by atoms with Gasteiger partial charge in [-0.3, -0.25) is 10.2 Å². The molecule has 0 unspecified atom stereocenters. The van der Waals surface area contributed by atoms with E-state index in [9.17, 15) is 4.79 Å². The van der Waals surface area contributed by atoms with Gasteiger partial charge in [0, 0.05) is 13.2 Å². The Labute approximate surface area is 84.3 Å². The van der Waals surface area contributed by atoms with Gasteiger partial charge in [0.15, 0.2) is 0 Å². The van der Waals surface area contributed by atoms with Crippen molar-refractivity contribution < 1.29 is 9.53 Å². The summed E-state index contributed by atoms with van der Waals surface area (Å²) in [7, 11) is 0. The van der Waals surface area contributed by atoms with Gasteiger partial charge in [0.1, 0.15) is 0 Å². The summed E-state index contributed by atoms with van der Waals surface area (Å²) < 4.78 is 5.44. The molecule has 1 saturated heterocycles. The maximum absolute atomic E-state index is 11.3. The fourth-order valence-electron chi connectivity index (χ4n) is 1.44. The molecule has 82 valence electrons. The minimum absolute atomic E-state index is 0.213. The second-order valence-electron chi connectivity index (χ2n) is 4.11. The molecule has 1 heterocycles. The molecule has 0 radical (unpaired) electrons. The molecular weight excluding hydrogens is 182 g/mol. The van der Waals surface area contributed by atoms with Gasteiger partial charge in [0.05, 0.1) is 11.6 Å². The number of carbonyl (C=O) groups is 1. The number of nitrogens with one attached hydrogen (secondary N) is 2. The van der Waals surface area contributed by atoms with Crippen LogP contribution in [0.1, 0.15) is 26.7 Å². The molecule has 0 aromatic carbocycles. The molecular formula is C9H19N3O2. The van der Waals surface area contributed by atoms with Crippen molar-refractivity contribution in [2.75, 3.05) is 13.2 Å². The Morgan fingerprint density at radius 1 is 1.64 bits per heavy atom. The van der Waals surface area contributed by atoms with E-state index in [0.717, 1.165) is 19.4 Å². The fraction of sp³-hybridized carbons (Fsp3) is 0.889. The maximum Gasteiger partial charge on any atom is 0.253 e.